The molecule has 2 N–H and O–H groups in total. The summed E-state index contributed by atoms with van der Waals surface area (Å²) < 4.78 is 0. The molecule has 0 spiro atoms. The Morgan fingerprint density at radius 2 is 0.476 bits per heavy atom. The van der Waals surface area contributed by atoms with Crippen molar-refractivity contribution >= 4 is 17.3 Å². The molecule has 6 aromatic rings. The fourth-order valence-electron chi connectivity index (χ4n) is 5.93. The summed E-state index contributed by atoms with van der Waals surface area (Å²) >= 11 is 6.33. The maximum absolute atomic E-state index is 6.33. The second-order valence-electron chi connectivity index (χ2n) is 10.3. The molecule has 0 heterocycles. The molecular weight excluding hydrogens is 529 g/mol. The Kier molecular flexibility index (Phi) is 7.94. The normalized spacial score (nSPS) is 11.4. The third-order valence-corrected chi connectivity index (χ3v) is 8.05. The van der Waals surface area contributed by atoms with Gasteiger partial charge in [-0.3, -0.25) is 0 Å². The zero-order valence-corrected chi connectivity index (χ0v) is 24.0. The van der Waals surface area contributed by atoms with Gasteiger partial charge >= 0.3 is 0 Å². The minimum Gasteiger partial charge on any atom is -0.345 e. The van der Waals surface area contributed by atoms with Crippen LogP contribution < -0.4 is 10.6 Å². The summed E-state index contributed by atoms with van der Waals surface area (Å²) in [5, 5.41) is 8.26. The first kappa shape index (κ1) is 27.2. The van der Waals surface area contributed by atoms with Crippen LogP contribution in [-0.2, 0) is 11.1 Å². The summed E-state index contributed by atoms with van der Waals surface area (Å²) in [7, 11) is 0. The monoisotopic (exact) mass is 560 g/mol. The van der Waals surface area contributed by atoms with Gasteiger partial charge in [0.2, 0.25) is 0 Å². The van der Waals surface area contributed by atoms with E-state index in [0.717, 1.165) is 33.4 Å². The van der Waals surface area contributed by atoms with E-state index in [1.807, 2.05) is 36.4 Å². The minimum atomic E-state index is -0.746. The van der Waals surface area contributed by atoms with Gasteiger partial charge in [-0.15, -0.1) is 0 Å². The summed E-state index contributed by atoms with van der Waals surface area (Å²) in [5.74, 6) is 0. The molecule has 2 nitrogen and oxygen atoms in total. The SMILES string of the molecule is S=C(NC(c1ccccc1)(c1ccccc1)c1ccccc1)NC(c1ccccc1)(c1ccccc1)c1ccccc1. The van der Waals surface area contributed by atoms with Crippen molar-refractivity contribution in [3.05, 3.63) is 215 Å². The van der Waals surface area contributed by atoms with Crippen LogP contribution in [0.3, 0.4) is 0 Å². The quantitative estimate of drug-likeness (QED) is 0.144. The molecule has 0 fully saturated rings. The summed E-state index contributed by atoms with van der Waals surface area (Å²) in [6, 6.07) is 63.2. The van der Waals surface area contributed by atoms with Crippen LogP contribution in [0.2, 0.25) is 0 Å². The van der Waals surface area contributed by atoms with Crippen LogP contribution in [0.15, 0.2) is 182 Å². The molecule has 0 radical (unpaired) electrons. The molecule has 0 aliphatic rings. The second-order valence-corrected chi connectivity index (χ2v) is 10.7. The molecule has 6 aromatic carbocycles. The topological polar surface area (TPSA) is 24.1 Å². The fourth-order valence-corrected chi connectivity index (χ4v) is 6.24. The molecule has 6 rings (SSSR count). The van der Waals surface area contributed by atoms with Gasteiger partial charge in [0.1, 0.15) is 11.1 Å². The number of rotatable bonds is 8. The molecule has 3 heteroatoms. The van der Waals surface area contributed by atoms with Crippen LogP contribution in [0.25, 0.3) is 0 Å². The lowest BCUT2D eigenvalue weighted by atomic mass is 9.76. The predicted octanol–water partition coefficient (Wildman–Crippen LogP) is 8.43. The third-order valence-electron chi connectivity index (χ3n) is 7.84. The Balaban J connectivity index is 1.55. The molecule has 42 heavy (non-hydrogen) atoms. The van der Waals surface area contributed by atoms with Gasteiger partial charge in [-0.2, -0.15) is 0 Å². The fraction of sp³-hybridized carbons (Fsp3) is 0.0513. The number of benzene rings is 6. The summed E-state index contributed by atoms with van der Waals surface area (Å²) in [5.41, 5.74) is 5.07. The molecule has 0 aliphatic heterocycles. The minimum absolute atomic E-state index is 0.531. The van der Waals surface area contributed by atoms with Gasteiger partial charge in [0.25, 0.3) is 0 Å². The van der Waals surface area contributed by atoms with E-state index in [2.05, 4.69) is 156 Å². The molecular formula is C39H32N2S. The first-order chi connectivity index (χ1) is 20.7. The van der Waals surface area contributed by atoms with E-state index in [0.29, 0.717) is 5.11 Å². The van der Waals surface area contributed by atoms with E-state index in [1.165, 1.54) is 0 Å². The summed E-state index contributed by atoms with van der Waals surface area (Å²) in [4.78, 5) is 0. The van der Waals surface area contributed by atoms with E-state index in [9.17, 15) is 0 Å². The molecule has 0 unspecified atom stereocenters. The zero-order valence-electron chi connectivity index (χ0n) is 23.2. The number of hydrogen-bond donors (Lipinski definition) is 2. The Morgan fingerprint density at radius 1 is 0.310 bits per heavy atom. The molecule has 0 aromatic heterocycles. The average Bonchev–Trinajstić information content (AvgIpc) is 3.08. The molecule has 0 saturated heterocycles. The van der Waals surface area contributed by atoms with Crippen molar-refractivity contribution in [3.63, 3.8) is 0 Å². The van der Waals surface area contributed by atoms with E-state index >= 15 is 0 Å². The highest BCUT2D eigenvalue weighted by molar-refractivity contribution is 7.80. The van der Waals surface area contributed by atoms with E-state index < -0.39 is 11.1 Å². The molecule has 204 valence electrons. The first-order valence-electron chi connectivity index (χ1n) is 14.2. The van der Waals surface area contributed by atoms with Crippen LogP contribution in [-0.4, -0.2) is 5.11 Å². The molecule has 0 atom stereocenters. The maximum atomic E-state index is 6.33. The van der Waals surface area contributed by atoms with E-state index in [1.54, 1.807) is 0 Å². The smallest absolute Gasteiger partial charge is 0.168 e. The molecule has 0 aliphatic carbocycles. The molecule has 0 saturated carbocycles. The van der Waals surface area contributed by atoms with Gasteiger partial charge in [-0.25, -0.2) is 0 Å². The van der Waals surface area contributed by atoms with Crippen molar-refractivity contribution in [1.29, 1.82) is 0 Å². The summed E-state index contributed by atoms with van der Waals surface area (Å²) in [6.07, 6.45) is 0. The van der Waals surface area contributed by atoms with Crippen molar-refractivity contribution in [2.45, 2.75) is 11.1 Å². The lowest BCUT2D eigenvalue weighted by Gasteiger charge is -2.42. The van der Waals surface area contributed by atoms with Gasteiger partial charge in [-0.05, 0) is 45.6 Å². The van der Waals surface area contributed by atoms with Gasteiger partial charge in [0, 0.05) is 0 Å². The van der Waals surface area contributed by atoms with Gasteiger partial charge in [-0.1, -0.05) is 182 Å². The van der Waals surface area contributed by atoms with E-state index in [-0.39, 0.29) is 0 Å². The predicted molar refractivity (Wildman–Crippen MR) is 177 cm³/mol. The Hall–Kier alpha value is -4.99. The maximum Gasteiger partial charge on any atom is 0.168 e. The number of nitrogens with one attached hydrogen (secondary N) is 2. The largest absolute Gasteiger partial charge is 0.345 e. The molecule has 0 amide bonds. The Labute approximate surface area is 253 Å². The lowest BCUT2D eigenvalue weighted by Crippen LogP contribution is -2.57. The number of hydrogen-bond acceptors (Lipinski definition) is 1. The van der Waals surface area contributed by atoms with Gasteiger partial charge in [0.15, 0.2) is 5.11 Å². The average molecular weight is 561 g/mol. The second kappa shape index (κ2) is 12.3. The van der Waals surface area contributed by atoms with Crippen molar-refractivity contribution in [1.82, 2.24) is 10.6 Å². The van der Waals surface area contributed by atoms with Crippen molar-refractivity contribution in [3.8, 4) is 0 Å². The number of thiocarbonyl (C=S) groups is 1. The summed E-state index contributed by atoms with van der Waals surface area (Å²) in [6.45, 7) is 0. The van der Waals surface area contributed by atoms with Crippen molar-refractivity contribution in [2.24, 2.45) is 0 Å². The highest BCUT2D eigenvalue weighted by Crippen LogP contribution is 2.39. The van der Waals surface area contributed by atoms with E-state index in [4.69, 9.17) is 12.2 Å². The van der Waals surface area contributed by atoms with Crippen LogP contribution in [0.4, 0.5) is 0 Å². The first-order valence-corrected chi connectivity index (χ1v) is 14.6. The van der Waals surface area contributed by atoms with Crippen molar-refractivity contribution in [2.75, 3.05) is 0 Å². The van der Waals surface area contributed by atoms with Crippen LogP contribution in [0.1, 0.15) is 33.4 Å². The van der Waals surface area contributed by atoms with Crippen molar-refractivity contribution < 1.29 is 0 Å². The zero-order chi connectivity index (χ0) is 28.7. The van der Waals surface area contributed by atoms with Crippen LogP contribution in [0, 0.1) is 0 Å². The van der Waals surface area contributed by atoms with Crippen LogP contribution in [0.5, 0.6) is 0 Å². The Morgan fingerprint density at radius 3 is 0.643 bits per heavy atom. The molecule has 0 bridgehead atoms. The highest BCUT2D eigenvalue weighted by Gasteiger charge is 2.41. The standard InChI is InChI=1S/C39H32N2S/c42-37(40-38(31-19-7-1-8-20-31,32-21-9-2-10-22-32)33-23-11-3-12-24-33)41-39(34-25-13-4-14-26-34,35-27-15-5-16-28-35)36-29-17-6-18-30-36/h1-30H,(H2,40,41,42). The Bertz CT molecular complexity index is 1380. The third kappa shape index (κ3) is 5.11. The van der Waals surface area contributed by atoms with Gasteiger partial charge < -0.3 is 10.6 Å². The highest BCUT2D eigenvalue weighted by atomic mass is 32.1. The van der Waals surface area contributed by atoms with Crippen LogP contribution >= 0.6 is 12.2 Å². The van der Waals surface area contributed by atoms with Gasteiger partial charge in [0.05, 0.1) is 0 Å². The lowest BCUT2D eigenvalue weighted by molar-refractivity contribution is 0.524.